The highest BCUT2D eigenvalue weighted by Crippen LogP contribution is 1.82. The standard InChI is InChI=1S/C4H9NO3S/c6-1-3(2-7)5-4(8)9/h3,6-7H,1-2H2,(H2,5,8,9). The fourth-order valence-corrected chi connectivity index (χ4v) is 0.506. The van der Waals surface area contributed by atoms with Crippen LogP contribution in [0.1, 0.15) is 0 Å². The van der Waals surface area contributed by atoms with E-state index in [-0.39, 0.29) is 13.2 Å². The Morgan fingerprint density at radius 1 is 1.56 bits per heavy atom. The number of thiol groups is 1. The maximum atomic E-state index is 10.1. The van der Waals surface area contributed by atoms with Crippen molar-refractivity contribution in [2.24, 2.45) is 0 Å². The van der Waals surface area contributed by atoms with Crippen LogP contribution in [0.25, 0.3) is 0 Å². The first-order chi connectivity index (χ1) is 4.20. The fourth-order valence-electron chi connectivity index (χ4n) is 0.324. The van der Waals surface area contributed by atoms with Gasteiger partial charge in [0.05, 0.1) is 19.3 Å². The van der Waals surface area contributed by atoms with Crippen molar-refractivity contribution in [1.29, 1.82) is 0 Å². The number of aliphatic hydroxyl groups excluding tert-OH is 2. The third-order valence-electron chi connectivity index (χ3n) is 0.768. The molecule has 0 aliphatic carbocycles. The molecule has 0 aromatic carbocycles. The van der Waals surface area contributed by atoms with Gasteiger partial charge in [0.25, 0.3) is 5.24 Å². The molecule has 4 nitrogen and oxygen atoms in total. The van der Waals surface area contributed by atoms with E-state index in [1.165, 1.54) is 0 Å². The average molecular weight is 151 g/mol. The minimum Gasteiger partial charge on any atom is -0.394 e. The molecule has 0 saturated heterocycles. The van der Waals surface area contributed by atoms with Crippen molar-refractivity contribution in [3.05, 3.63) is 0 Å². The molecule has 9 heavy (non-hydrogen) atoms. The van der Waals surface area contributed by atoms with E-state index in [0.29, 0.717) is 0 Å². The van der Waals surface area contributed by atoms with Crippen molar-refractivity contribution in [2.45, 2.75) is 6.04 Å². The van der Waals surface area contributed by atoms with E-state index >= 15 is 0 Å². The zero-order valence-electron chi connectivity index (χ0n) is 4.74. The molecule has 0 bridgehead atoms. The van der Waals surface area contributed by atoms with Gasteiger partial charge >= 0.3 is 0 Å². The normalized spacial score (nSPS) is 9.78. The minimum absolute atomic E-state index is 0.275. The lowest BCUT2D eigenvalue weighted by Crippen LogP contribution is -2.37. The molecular formula is C4H9NO3S. The average Bonchev–Trinajstić information content (AvgIpc) is 1.82. The van der Waals surface area contributed by atoms with Gasteiger partial charge in [0.1, 0.15) is 0 Å². The maximum Gasteiger partial charge on any atom is 0.276 e. The monoisotopic (exact) mass is 151 g/mol. The summed E-state index contributed by atoms with van der Waals surface area (Å²) < 4.78 is 0. The second kappa shape index (κ2) is 4.60. The van der Waals surface area contributed by atoms with E-state index in [9.17, 15) is 4.79 Å². The van der Waals surface area contributed by atoms with Crippen LogP contribution in [0.15, 0.2) is 0 Å². The molecule has 0 radical (unpaired) electrons. The number of amides is 1. The van der Waals surface area contributed by atoms with E-state index in [1.54, 1.807) is 0 Å². The smallest absolute Gasteiger partial charge is 0.276 e. The largest absolute Gasteiger partial charge is 0.394 e. The summed E-state index contributed by atoms with van der Waals surface area (Å²) in [6, 6.07) is -0.588. The van der Waals surface area contributed by atoms with Gasteiger partial charge in [0.15, 0.2) is 0 Å². The molecule has 5 heteroatoms. The highest BCUT2D eigenvalue weighted by molar-refractivity contribution is 7.96. The molecule has 0 saturated carbocycles. The zero-order valence-corrected chi connectivity index (χ0v) is 5.64. The number of nitrogens with one attached hydrogen (secondary N) is 1. The Hall–Kier alpha value is -0.260. The Kier molecular flexibility index (Phi) is 4.47. The summed E-state index contributed by atoms with van der Waals surface area (Å²) in [7, 11) is 0. The molecule has 0 atom stereocenters. The third kappa shape index (κ3) is 4.26. The van der Waals surface area contributed by atoms with E-state index in [2.05, 4.69) is 17.9 Å². The van der Waals surface area contributed by atoms with Gasteiger partial charge in [-0.2, -0.15) is 0 Å². The Morgan fingerprint density at radius 3 is 2.11 bits per heavy atom. The van der Waals surface area contributed by atoms with Crippen LogP contribution in [0.3, 0.4) is 0 Å². The fraction of sp³-hybridized carbons (Fsp3) is 0.750. The maximum absolute atomic E-state index is 10.1. The summed E-state index contributed by atoms with van der Waals surface area (Å²) in [4.78, 5) is 10.1. The summed E-state index contributed by atoms with van der Waals surface area (Å²) in [5.41, 5.74) is 0. The first-order valence-corrected chi connectivity index (χ1v) is 2.86. The topological polar surface area (TPSA) is 69.6 Å². The lowest BCUT2D eigenvalue weighted by molar-refractivity contribution is 0.174. The predicted octanol–water partition coefficient (Wildman–Crippen LogP) is -1.02. The van der Waals surface area contributed by atoms with E-state index in [0.717, 1.165) is 0 Å². The van der Waals surface area contributed by atoms with Crippen LogP contribution in [0, 0.1) is 0 Å². The molecule has 0 unspecified atom stereocenters. The molecule has 1 amide bonds. The van der Waals surface area contributed by atoms with Crippen LogP contribution in [-0.4, -0.2) is 34.7 Å². The van der Waals surface area contributed by atoms with E-state index in [1.807, 2.05) is 0 Å². The number of hydrogen-bond donors (Lipinski definition) is 4. The van der Waals surface area contributed by atoms with Crippen LogP contribution in [-0.2, 0) is 0 Å². The van der Waals surface area contributed by atoms with Crippen LogP contribution in [0.2, 0.25) is 0 Å². The lowest BCUT2D eigenvalue weighted by Gasteiger charge is -2.09. The van der Waals surface area contributed by atoms with Gasteiger partial charge in [0, 0.05) is 0 Å². The summed E-state index contributed by atoms with van der Waals surface area (Å²) in [6.07, 6.45) is 0. The van der Waals surface area contributed by atoms with Crippen molar-refractivity contribution in [3.63, 3.8) is 0 Å². The van der Waals surface area contributed by atoms with Gasteiger partial charge in [-0.05, 0) is 0 Å². The predicted molar refractivity (Wildman–Crippen MR) is 35.5 cm³/mol. The number of carbonyl (C=O) groups excluding carboxylic acids is 1. The second-order valence-electron chi connectivity index (χ2n) is 1.51. The summed E-state index contributed by atoms with van der Waals surface area (Å²) in [5.74, 6) is 0. The summed E-state index contributed by atoms with van der Waals surface area (Å²) in [5, 5.41) is 18.4. The number of hydrogen-bond acceptors (Lipinski definition) is 3. The zero-order chi connectivity index (χ0) is 7.28. The molecule has 0 rings (SSSR count). The number of carbonyl (C=O) groups is 1. The van der Waals surface area contributed by atoms with Crippen LogP contribution >= 0.6 is 12.6 Å². The van der Waals surface area contributed by atoms with Gasteiger partial charge < -0.3 is 15.5 Å². The summed E-state index contributed by atoms with van der Waals surface area (Å²) >= 11 is 3.37. The van der Waals surface area contributed by atoms with Crippen LogP contribution in [0.5, 0.6) is 0 Å². The van der Waals surface area contributed by atoms with Gasteiger partial charge in [-0.15, -0.1) is 0 Å². The quantitative estimate of drug-likeness (QED) is 0.390. The van der Waals surface area contributed by atoms with E-state index < -0.39 is 11.3 Å². The highest BCUT2D eigenvalue weighted by Gasteiger charge is 2.05. The van der Waals surface area contributed by atoms with Gasteiger partial charge in [0.2, 0.25) is 0 Å². The van der Waals surface area contributed by atoms with Crippen molar-refractivity contribution in [1.82, 2.24) is 5.32 Å². The van der Waals surface area contributed by atoms with Gasteiger partial charge in [-0.3, -0.25) is 4.79 Å². The molecule has 54 valence electrons. The molecule has 0 heterocycles. The molecule has 0 fully saturated rings. The minimum atomic E-state index is -0.588. The Bertz CT molecular complexity index is 93.8. The molecule has 0 spiro atoms. The second-order valence-corrected chi connectivity index (χ2v) is 1.92. The Labute approximate surface area is 58.3 Å². The lowest BCUT2D eigenvalue weighted by atomic mass is 10.3. The Morgan fingerprint density at radius 2 is 2.00 bits per heavy atom. The first kappa shape index (κ1) is 8.74. The molecule has 0 aliphatic heterocycles. The van der Waals surface area contributed by atoms with Crippen molar-refractivity contribution < 1.29 is 15.0 Å². The van der Waals surface area contributed by atoms with Gasteiger partial charge in [-0.25, -0.2) is 0 Å². The van der Waals surface area contributed by atoms with Crippen molar-refractivity contribution in [3.8, 4) is 0 Å². The Balaban J connectivity index is 3.43. The van der Waals surface area contributed by atoms with Crippen LogP contribution in [0.4, 0.5) is 4.79 Å². The SMILES string of the molecule is O=C(S)NC(CO)CO. The highest BCUT2D eigenvalue weighted by atomic mass is 32.1. The molecule has 0 aromatic rings. The van der Waals surface area contributed by atoms with Crippen molar-refractivity contribution >= 4 is 17.9 Å². The van der Waals surface area contributed by atoms with Gasteiger partial charge in [-0.1, -0.05) is 12.6 Å². The van der Waals surface area contributed by atoms with Crippen LogP contribution < -0.4 is 5.32 Å². The molecule has 0 aliphatic rings. The van der Waals surface area contributed by atoms with Crippen molar-refractivity contribution in [2.75, 3.05) is 13.2 Å². The first-order valence-electron chi connectivity index (χ1n) is 2.42. The third-order valence-corrected chi connectivity index (χ3v) is 0.897. The molecule has 3 N–H and O–H groups in total. The van der Waals surface area contributed by atoms with E-state index in [4.69, 9.17) is 10.2 Å². The summed E-state index contributed by atoms with van der Waals surface area (Å²) in [6.45, 7) is -0.550. The number of rotatable bonds is 3. The number of aliphatic hydroxyl groups is 2. The molecule has 0 aromatic heterocycles. The molecular weight excluding hydrogens is 142 g/mol.